The maximum Gasteiger partial charge on any atom is 0.343 e. The lowest BCUT2D eigenvalue weighted by atomic mass is 10.1. The lowest BCUT2D eigenvalue weighted by Crippen LogP contribution is -2.26. The second-order valence-corrected chi connectivity index (χ2v) is 4.67. The summed E-state index contributed by atoms with van der Waals surface area (Å²) in [7, 11) is 1.02. The van der Waals surface area contributed by atoms with E-state index >= 15 is 0 Å². The molecule has 1 aromatic rings. The molecule has 1 aromatic carbocycles. The van der Waals surface area contributed by atoms with E-state index in [0.717, 1.165) is 24.1 Å². The van der Waals surface area contributed by atoms with Crippen molar-refractivity contribution in [3.8, 4) is 0 Å². The minimum absolute atomic E-state index is 0.0753. The Labute approximate surface area is 112 Å². The van der Waals surface area contributed by atoms with Gasteiger partial charge in [0.25, 0.3) is 0 Å². The van der Waals surface area contributed by atoms with E-state index in [9.17, 15) is 18.4 Å². The first kappa shape index (κ1) is 13.7. The molecule has 1 amide bonds. The Morgan fingerprint density at radius 1 is 1.47 bits per heavy atom. The SMILES string of the molecule is COC(=O)c1c(F)ccc(N2CC(Cl)CC2=O)c1F. The van der Waals surface area contributed by atoms with Crippen LogP contribution in [0.5, 0.6) is 0 Å². The van der Waals surface area contributed by atoms with Crippen LogP contribution in [-0.4, -0.2) is 30.9 Å². The summed E-state index contributed by atoms with van der Waals surface area (Å²) in [4.78, 5) is 24.1. The second kappa shape index (κ2) is 5.13. The third-order valence-corrected chi connectivity index (χ3v) is 3.12. The van der Waals surface area contributed by atoms with Gasteiger partial charge in [0.2, 0.25) is 5.91 Å². The molecular weight excluding hydrogens is 280 g/mol. The van der Waals surface area contributed by atoms with E-state index in [1.54, 1.807) is 0 Å². The molecule has 0 N–H and O–H groups in total. The van der Waals surface area contributed by atoms with Gasteiger partial charge >= 0.3 is 5.97 Å². The maximum atomic E-state index is 14.1. The average molecular weight is 290 g/mol. The summed E-state index contributed by atoms with van der Waals surface area (Å²) >= 11 is 5.81. The van der Waals surface area contributed by atoms with Gasteiger partial charge in [0.15, 0.2) is 5.82 Å². The molecule has 2 rings (SSSR count). The molecule has 1 atom stereocenters. The molecule has 1 unspecified atom stereocenters. The van der Waals surface area contributed by atoms with Gasteiger partial charge in [-0.2, -0.15) is 0 Å². The molecule has 0 radical (unpaired) electrons. The lowest BCUT2D eigenvalue weighted by molar-refractivity contribution is -0.117. The Morgan fingerprint density at radius 2 is 2.16 bits per heavy atom. The number of ether oxygens (including phenoxy) is 1. The Kier molecular flexibility index (Phi) is 3.71. The Morgan fingerprint density at radius 3 is 2.68 bits per heavy atom. The number of nitrogens with zero attached hydrogens (tertiary/aromatic N) is 1. The number of hydrogen-bond acceptors (Lipinski definition) is 3. The van der Waals surface area contributed by atoms with Gasteiger partial charge in [-0.25, -0.2) is 13.6 Å². The molecule has 1 aliphatic rings. The number of halogens is 3. The van der Waals surface area contributed by atoms with Crippen LogP contribution in [0.2, 0.25) is 0 Å². The minimum atomic E-state index is -1.13. The van der Waals surface area contributed by atoms with Crippen molar-refractivity contribution >= 4 is 29.2 Å². The fourth-order valence-electron chi connectivity index (χ4n) is 1.94. The van der Waals surface area contributed by atoms with Crippen LogP contribution in [0, 0.1) is 11.6 Å². The highest BCUT2D eigenvalue weighted by atomic mass is 35.5. The standard InChI is InChI=1S/C12H10ClF2NO3/c1-19-12(18)10-7(14)2-3-8(11(10)15)16-5-6(13)4-9(16)17/h2-3,6H,4-5H2,1H3. The molecule has 1 fully saturated rings. The summed E-state index contributed by atoms with van der Waals surface area (Å²) in [5.41, 5.74) is -0.985. The summed E-state index contributed by atoms with van der Waals surface area (Å²) in [6.07, 6.45) is 0.0753. The van der Waals surface area contributed by atoms with E-state index in [1.165, 1.54) is 0 Å². The molecule has 1 saturated heterocycles. The van der Waals surface area contributed by atoms with Crippen molar-refractivity contribution in [2.45, 2.75) is 11.8 Å². The zero-order chi connectivity index (χ0) is 14.2. The third kappa shape index (κ3) is 2.40. The van der Waals surface area contributed by atoms with E-state index in [1.807, 2.05) is 0 Å². The monoisotopic (exact) mass is 289 g/mol. The molecule has 19 heavy (non-hydrogen) atoms. The van der Waals surface area contributed by atoms with Crippen molar-refractivity contribution in [3.05, 3.63) is 29.3 Å². The number of anilines is 1. The molecule has 102 valence electrons. The number of benzene rings is 1. The van der Waals surface area contributed by atoms with Crippen LogP contribution in [0.3, 0.4) is 0 Å². The number of rotatable bonds is 2. The quantitative estimate of drug-likeness (QED) is 0.619. The summed E-state index contributed by atoms with van der Waals surface area (Å²) in [6, 6.07) is 2.02. The fraction of sp³-hybridized carbons (Fsp3) is 0.333. The predicted molar refractivity (Wildman–Crippen MR) is 64.3 cm³/mol. The molecule has 1 aliphatic heterocycles. The highest BCUT2D eigenvalue weighted by Gasteiger charge is 2.33. The number of hydrogen-bond donors (Lipinski definition) is 0. The van der Waals surface area contributed by atoms with Gasteiger partial charge in [-0.3, -0.25) is 4.79 Å². The van der Waals surface area contributed by atoms with Crippen LogP contribution in [0.1, 0.15) is 16.8 Å². The van der Waals surface area contributed by atoms with Gasteiger partial charge in [-0.1, -0.05) is 0 Å². The normalized spacial score (nSPS) is 18.8. The average Bonchev–Trinajstić information content (AvgIpc) is 2.68. The van der Waals surface area contributed by atoms with Gasteiger partial charge in [0.1, 0.15) is 11.4 Å². The Hall–Kier alpha value is -1.69. The van der Waals surface area contributed by atoms with Crippen molar-refractivity contribution < 1.29 is 23.1 Å². The second-order valence-electron chi connectivity index (χ2n) is 4.05. The molecule has 0 spiro atoms. The molecule has 1 heterocycles. The third-order valence-electron chi connectivity index (χ3n) is 2.83. The van der Waals surface area contributed by atoms with Crippen molar-refractivity contribution in [2.24, 2.45) is 0 Å². The number of amides is 1. The first-order valence-corrected chi connectivity index (χ1v) is 5.90. The van der Waals surface area contributed by atoms with Crippen LogP contribution in [-0.2, 0) is 9.53 Å². The summed E-state index contributed by atoms with van der Waals surface area (Å²) in [5.74, 6) is -3.67. The molecule has 0 saturated carbocycles. The van der Waals surface area contributed by atoms with Crippen LogP contribution >= 0.6 is 11.6 Å². The molecule has 0 bridgehead atoms. The predicted octanol–water partition coefficient (Wildman–Crippen LogP) is 2.10. The van der Waals surface area contributed by atoms with Crippen LogP contribution < -0.4 is 4.90 Å². The van der Waals surface area contributed by atoms with Crippen molar-refractivity contribution in [2.75, 3.05) is 18.6 Å². The summed E-state index contributed by atoms with van der Waals surface area (Å²) in [5, 5.41) is -0.432. The molecule has 0 aromatic heterocycles. The Bertz CT molecular complexity index is 550. The maximum absolute atomic E-state index is 14.1. The number of methoxy groups -OCH3 is 1. The molecule has 0 aliphatic carbocycles. The van der Waals surface area contributed by atoms with E-state index in [2.05, 4.69) is 4.74 Å². The lowest BCUT2D eigenvalue weighted by Gasteiger charge is -2.18. The van der Waals surface area contributed by atoms with E-state index in [-0.39, 0.29) is 24.6 Å². The molecule has 4 nitrogen and oxygen atoms in total. The number of esters is 1. The summed E-state index contributed by atoms with van der Waals surface area (Å²) < 4.78 is 31.9. The zero-order valence-corrected chi connectivity index (χ0v) is 10.7. The zero-order valence-electron chi connectivity index (χ0n) is 9.95. The number of carbonyl (C=O) groups is 2. The number of carbonyl (C=O) groups excluding carboxylic acids is 2. The van der Waals surface area contributed by atoms with Gasteiger partial charge in [-0.05, 0) is 12.1 Å². The molecule has 7 heteroatoms. The van der Waals surface area contributed by atoms with Crippen molar-refractivity contribution in [1.29, 1.82) is 0 Å². The smallest absolute Gasteiger partial charge is 0.343 e. The van der Waals surface area contributed by atoms with Gasteiger partial charge in [-0.15, -0.1) is 11.6 Å². The fourth-order valence-corrected chi connectivity index (χ4v) is 2.21. The number of alkyl halides is 1. The van der Waals surface area contributed by atoms with Crippen molar-refractivity contribution in [3.63, 3.8) is 0 Å². The Balaban J connectivity index is 2.48. The van der Waals surface area contributed by atoms with Crippen molar-refractivity contribution in [1.82, 2.24) is 0 Å². The van der Waals surface area contributed by atoms with Gasteiger partial charge in [0, 0.05) is 13.0 Å². The first-order chi connectivity index (χ1) is 8.95. The first-order valence-electron chi connectivity index (χ1n) is 5.46. The highest BCUT2D eigenvalue weighted by Crippen LogP contribution is 2.29. The van der Waals surface area contributed by atoms with Crippen LogP contribution in [0.4, 0.5) is 14.5 Å². The topological polar surface area (TPSA) is 46.6 Å². The van der Waals surface area contributed by atoms with E-state index in [0.29, 0.717) is 0 Å². The van der Waals surface area contributed by atoms with Gasteiger partial charge in [0.05, 0.1) is 18.2 Å². The molecular formula is C12H10ClF2NO3. The van der Waals surface area contributed by atoms with Crippen LogP contribution in [0.25, 0.3) is 0 Å². The van der Waals surface area contributed by atoms with E-state index in [4.69, 9.17) is 11.6 Å². The highest BCUT2D eigenvalue weighted by molar-refractivity contribution is 6.24. The summed E-state index contributed by atoms with van der Waals surface area (Å²) in [6.45, 7) is 0.115. The minimum Gasteiger partial charge on any atom is -0.465 e. The van der Waals surface area contributed by atoms with Gasteiger partial charge < -0.3 is 9.64 Å². The van der Waals surface area contributed by atoms with Crippen LogP contribution in [0.15, 0.2) is 12.1 Å². The van der Waals surface area contributed by atoms with E-state index < -0.39 is 28.5 Å². The largest absolute Gasteiger partial charge is 0.465 e.